The van der Waals surface area contributed by atoms with Crippen molar-refractivity contribution in [2.75, 3.05) is 32.0 Å². The van der Waals surface area contributed by atoms with E-state index in [-0.39, 0.29) is 5.91 Å². The molecule has 2 aromatic rings. The van der Waals surface area contributed by atoms with Gasteiger partial charge in [0.05, 0.1) is 0 Å². The summed E-state index contributed by atoms with van der Waals surface area (Å²) < 4.78 is 0. The van der Waals surface area contributed by atoms with E-state index in [2.05, 4.69) is 34.2 Å². The minimum absolute atomic E-state index is 0.0752. The van der Waals surface area contributed by atoms with E-state index in [4.69, 9.17) is 0 Å². The average molecular weight is 335 g/mol. The van der Waals surface area contributed by atoms with Crippen LogP contribution in [0.25, 0.3) is 5.57 Å². The highest BCUT2D eigenvalue weighted by Crippen LogP contribution is 2.20. The Morgan fingerprint density at radius 1 is 1.08 bits per heavy atom. The van der Waals surface area contributed by atoms with Crippen molar-refractivity contribution < 1.29 is 4.79 Å². The first-order chi connectivity index (χ1) is 12.3. The van der Waals surface area contributed by atoms with Crippen LogP contribution in [0.1, 0.15) is 27.9 Å². The summed E-state index contributed by atoms with van der Waals surface area (Å²) in [7, 11) is 1.95. The second kappa shape index (κ2) is 8.60. The van der Waals surface area contributed by atoms with Crippen LogP contribution < -0.4 is 16.0 Å². The normalized spacial score (nSPS) is 14.0. The second-order valence-corrected chi connectivity index (χ2v) is 6.27. The summed E-state index contributed by atoms with van der Waals surface area (Å²) in [6.07, 6.45) is 4.23. The lowest BCUT2D eigenvalue weighted by Crippen LogP contribution is -2.20. The number of nitrogens with one attached hydrogen (secondary N) is 3. The van der Waals surface area contributed by atoms with E-state index in [0.29, 0.717) is 5.56 Å². The second-order valence-electron chi connectivity index (χ2n) is 6.27. The molecule has 0 fully saturated rings. The summed E-state index contributed by atoms with van der Waals surface area (Å²) >= 11 is 0. The van der Waals surface area contributed by atoms with Crippen molar-refractivity contribution in [3.63, 3.8) is 0 Å². The van der Waals surface area contributed by atoms with Crippen molar-refractivity contribution in [3.05, 3.63) is 71.3 Å². The zero-order chi connectivity index (χ0) is 17.5. The number of likely N-dealkylation sites (N-methyl/N-ethyl adjacent to an activating group) is 1. The van der Waals surface area contributed by atoms with Gasteiger partial charge in [0.2, 0.25) is 0 Å². The summed E-state index contributed by atoms with van der Waals surface area (Å²) in [6, 6.07) is 15.9. The molecule has 130 valence electrons. The molecule has 0 aromatic heterocycles. The Balaban J connectivity index is 1.62. The van der Waals surface area contributed by atoms with Crippen molar-refractivity contribution in [3.8, 4) is 0 Å². The molecule has 0 bridgehead atoms. The van der Waals surface area contributed by atoms with E-state index in [1.165, 1.54) is 16.7 Å². The first-order valence-electron chi connectivity index (χ1n) is 8.81. The highest BCUT2D eigenvalue weighted by atomic mass is 16.1. The lowest BCUT2D eigenvalue weighted by molar-refractivity contribution is 0.102. The molecular formula is C21H25N3O. The first-order valence-corrected chi connectivity index (χ1v) is 8.81. The van der Waals surface area contributed by atoms with E-state index in [1.807, 2.05) is 43.4 Å². The maximum absolute atomic E-state index is 12.4. The molecule has 1 aliphatic heterocycles. The third-order valence-corrected chi connectivity index (χ3v) is 4.46. The Kier molecular flexibility index (Phi) is 5.99. The highest BCUT2D eigenvalue weighted by molar-refractivity contribution is 6.04. The first kappa shape index (κ1) is 17.4. The number of hydrogen-bond acceptors (Lipinski definition) is 3. The van der Waals surface area contributed by atoms with Gasteiger partial charge in [0.1, 0.15) is 0 Å². The Hall–Kier alpha value is -2.43. The predicted molar refractivity (Wildman–Crippen MR) is 104 cm³/mol. The fourth-order valence-electron chi connectivity index (χ4n) is 2.95. The van der Waals surface area contributed by atoms with E-state index in [0.717, 1.165) is 38.2 Å². The van der Waals surface area contributed by atoms with Gasteiger partial charge in [-0.1, -0.05) is 30.3 Å². The van der Waals surface area contributed by atoms with Gasteiger partial charge in [-0.15, -0.1) is 0 Å². The third-order valence-electron chi connectivity index (χ3n) is 4.46. The van der Waals surface area contributed by atoms with Crippen LogP contribution in [0.2, 0.25) is 0 Å². The lowest BCUT2D eigenvalue weighted by Gasteiger charge is -2.14. The van der Waals surface area contributed by atoms with E-state index >= 15 is 0 Å². The molecule has 0 aliphatic carbocycles. The third kappa shape index (κ3) is 4.78. The number of carbonyl (C=O) groups is 1. The molecule has 0 spiro atoms. The molecular weight excluding hydrogens is 310 g/mol. The fraction of sp³-hybridized carbons (Fsp3) is 0.286. The van der Waals surface area contributed by atoms with Gasteiger partial charge in [0.15, 0.2) is 0 Å². The van der Waals surface area contributed by atoms with Gasteiger partial charge in [0.25, 0.3) is 5.91 Å². The topological polar surface area (TPSA) is 53.2 Å². The SMILES string of the molecule is CNCCc1ccc(NC(=O)c2ccc(C3=CCNCC3)cc2)cc1. The number of rotatable bonds is 6. The fourth-order valence-corrected chi connectivity index (χ4v) is 2.95. The summed E-state index contributed by atoms with van der Waals surface area (Å²) in [5.41, 5.74) is 5.31. The van der Waals surface area contributed by atoms with Gasteiger partial charge >= 0.3 is 0 Å². The molecule has 4 nitrogen and oxygen atoms in total. The smallest absolute Gasteiger partial charge is 0.255 e. The minimum Gasteiger partial charge on any atom is -0.322 e. The number of benzene rings is 2. The number of amides is 1. The average Bonchev–Trinajstić information content (AvgIpc) is 2.68. The van der Waals surface area contributed by atoms with Crippen LogP contribution in [0.15, 0.2) is 54.6 Å². The molecule has 1 heterocycles. The van der Waals surface area contributed by atoms with E-state index < -0.39 is 0 Å². The monoisotopic (exact) mass is 335 g/mol. The maximum atomic E-state index is 12.4. The molecule has 0 atom stereocenters. The molecule has 1 amide bonds. The summed E-state index contributed by atoms with van der Waals surface area (Å²) in [4.78, 5) is 12.4. The molecule has 3 N–H and O–H groups in total. The largest absolute Gasteiger partial charge is 0.322 e. The van der Waals surface area contributed by atoms with Gasteiger partial charge < -0.3 is 16.0 Å². The standard InChI is InChI=1S/C21H25N3O/c1-22-13-10-16-2-8-20(9-3-16)24-21(25)19-6-4-17(5-7-19)18-11-14-23-15-12-18/h2-9,11,22-23H,10,12-15H2,1H3,(H,24,25). The van der Waals surface area contributed by atoms with Gasteiger partial charge in [-0.2, -0.15) is 0 Å². The molecule has 0 unspecified atom stereocenters. The zero-order valence-corrected chi connectivity index (χ0v) is 14.6. The summed E-state index contributed by atoms with van der Waals surface area (Å²) in [5, 5.41) is 9.41. The Morgan fingerprint density at radius 2 is 1.84 bits per heavy atom. The Morgan fingerprint density at radius 3 is 2.48 bits per heavy atom. The van der Waals surface area contributed by atoms with Gasteiger partial charge in [-0.25, -0.2) is 0 Å². The lowest BCUT2D eigenvalue weighted by atomic mass is 9.99. The summed E-state index contributed by atoms with van der Waals surface area (Å²) in [5.74, 6) is -0.0752. The molecule has 0 radical (unpaired) electrons. The number of anilines is 1. The Labute approximate surface area is 149 Å². The van der Waals surface area contributed by atoms with Gasteiger partial charge in [-0.05, 0) is 73.9 Å². The molecule has 2 aromatic carbocycles. The van der Waals surface area contributed by atoms with Crippen LogP contribution in [0.5, 0.6) is 0 Å². The van der Waals surface area contributed by atoms with Crippen LogP contribution in [0.3, 0.4) is 0 Å². The predicted octanol–water partition coefficient (Wildman–Crippen LogP) is 3.08. The summed E-state index contributed by atoms with van der Waals surface area (Å²) in [6.45, 7) is 2.88. The highest BCUT2D eigenvalue weighted by Gasteiger charge is 2.09. The maximum Gasteiger partial charge on any atom is 0.255 e. The number of carbonyl (C=O) groups excluding carboxylic acids is 1. The van der Waals surface area contributed by atoms with E-state index in [1.54, 1.807) is 0 Å². The van der Waals surface area contributed by atoms with Crippen LogP contribution >= 0.6 is 0 Å². The molecule has 3 rings (SSSR count). The van der Waals surface area contributed by atoms with Crippen LogP contribution in [-0.2, 0) is 6.42 Å². The van der Waals surface area contributed by atoms with Crippen molar-refractivity contribution in [1.29, 1.82) is 0 Å². The van der Waals surface area contributed by atoms with Crippen molar-refractivity contribution >= 4 is 17.2 Å². The van der Waals surface area contributed by atoms with Crippen LogP contribution in [0, 0.1) is 0 Å². The zero-order valence-electron chi connectivity index (χ0n) is 14.6. The molecule has 25 heavy (non-hydrogen) atoms. The minimum atomic E-state index is -0.0752. The molecule has 0 saturated carbocycles. The van der Waals surface area contributed by atoms with E-state index in [9.17, 15) is 4.79 Å². The quantitative estimate of drug-likeness (QED) is 0.760. The van der Waals surface area contributed by atoms with Crippen LogP contribution in [-0.4, -0.2) is 32.6 Å². The molecule has 1 aliphatic rings. The van der Waals surface area contributed by atoms with Crippen molar-refractivity contribution in [2.24, 2.45) is 0 Å². The molecule has 4 heteroatoms. The number of hydrogen-bond donors (Lipinski definition) is 3. The van der Waals surface area contributed by atoms with Crippen molar-refractivity contribution in [1.82, 2.24) is 10.6 Å². The van der Waals surface area contributed by atoms with Gasteiger partial charge in [0, 0.05) is 17.8 Å². The van der Waals surface area contributed by atoms with Gasteiger partial charge in [-0.3, -0.25) is 4.79 Å². The van der Waals surface area contributed by atoms with Crippen molar-refractivity contribution in [2.45, 2.75) is 12.8 Å². The molecule has 0 saturated heterocycles. The Bertz CT molecular complexity index is 733. The van der Waals surface area contributed by atoms with Crippen LogP contribution in [0.4, 0.5) is 5.69 Å².